The monoisotopic (exact) mass is 278 g/mol. The minimum atomic E-state index is -2.99. The van der Waals surface area contributed by atoms with Gasteiger partial charge in [-0.3, -0.25) is 4.79 Å². The van der Waals surface area contributed by atoms with E-state index >= 15 is 0 Å². The van der Waals surface area contributed by atoms with Gasteiger partial charge in [-0.25, -0.2) is 8.42 Å². The summed E-state index contributed by atoms with van der Waals surface area (Å²) in [5.41, 5.74) is 5.28. The summed E-state index contributed by atoms with van der Waals surface area (Å²) in [6, 6.07) is 0. The summed E-state index contributed by atoms with van der Waals surface area (Å²) in [6.45, 7) is 6.44. The molecule has 108 valence electrons. The molecule has 0 radical (unpaired) electrons. The van der Waals surface area contributed by atoms with Crippen LogP contribution >= 0.6 is 0 Å². The molecule has 18 heavy (non-hydrogen) atoms. The van der Waals surface area contributed by atoms with Crippen molar-refractivity contribution in [2.75, 3.05) is 18.6 Å². The van der Waals surface area contributed by atoms with Crippen molar-refractivity contribution in [1.29, 1.82) is 0 Å². The zero-order valence-corrected chi connectivity index (χ0v) is 12.6. The van der Waals surface area contributed by atoms with Crippen LogP contribution < -0.4 is 11.1 Å². The second kappa shape index (κ2) is 7.09. The van der Waals surface area contributed by atoms with Crippen LogP contribution in [0.1, 0.15) is 40.0 Å². The fraction of sp³-hybridized carbons (Fsp3) is 0.917. The molecule has 1 unspecified atom stereocenters. The van der Waals surface area contributed by atoms with Crippen LogP contribution in [0.25, 0.3) is 0 Å². The molecule has 0 saturated carbocycles. The molecule has 0 saturated heterocycles. The smallest absolute Gasteiger partial charge is 0.220 e. The van der Waals surface area contributed by atoms with Crippen molar-refractivity contribution in [3.05, 3.63) is 0 Å². The average Bonchev–Trinajstić information content (AvgIpc) is 2.13. The van der Waals surface area contributed by atoms with Crippen LogP contribution in [-0.4, -0.2) is 38.4 Å². The average molecular weight is 278 g/mol. The second-order valence-electron chi connectivity index (χ2n) is 5.64. The van der Waals surface area contributed by atoms with Crippen molar-refractivity contribution < 1.29 is 13.2 Å². The van der Waals surface area contributed by atoms with Gasteiger partial charge < -0.3 is 11.1 Å². The molecule has 0 aromatic heterocycles. The molecule has 0 aromatic carbocycles. The minimum Gasteiger partial charge on any atom is -0.350 e. The summed E-state index contributed by atoms with van der Waals surface area (Å²) < 4.78 is 21.9. The van der Waals surface area contributed by atoms with Crippen molar-refractivity contribution in [2.45, 2.75) is 45.6 Å². The third-order valence-electron chi connectivity index (χ3n) is 2.67. The van der Waals surface area contributed by atoms with E-state index < -0.39 is 15.4 Å². The molecule has 1 atom stereocenters. The van der Waals surface area contributed by atoms with Crippen LogP contribution in [0.15, 0.2) is 0 Å². The number of carbonyl (C=O) groups is 1. The molecule has 0 aliphatic carbocycles. The Hall–Kier alpha value is -0.620. The highest BCUT2D eigenvalue weighted by atomic mass is 32.2. The highest BCUT2D eigenvalue weighted by molar-refractivity contribution is 7.90. The first-order valence-electron chi connectivity index (χ1n) is 6.27. The number of hydrogen-bond donors (Lipinski definition) is 2. The lowest BCUT2D eigenvalue weighted by Gasteiger charge is -2.31. The summed E-state index contributed by atoms with van der Waals surface area (Å²) in [4.78, 5) is 11.7. The predicted molar refractivity (Wildman–Crippen MR) is 74.0 cm³/mol. The number of amides is 1. The molecule has 0 aliphatic heterocycles. The van der Waals surface area contributed by atoms with E-state index in [1.165, 1.54) is 6.26 Å². The Morgan fingerprint density at radius 3 is 2.33 bits per heavy atom. The fourth-order valence-corrected chi connectivity index (χ4v) is 2.65. The highest BCUT2D eigenvalue weighted by Gasteiger charge is 2.25. The van der Waals surface area contributed by atoms with Crippen LogP contribution in [0.4, 0.5) is 0 Å². The van der Waals surface area contributed by atoms with Gasteiger partial charge >= 0.3 is 0 Å². The number of hydrogen-bond acceptors (Lipinski definition) is 4. The SMILES string of the molecule is CC(C)CC(C)(CN)NC(=O)CCCS(C)(=O)=O. The number of nitrogens with one attached hydrogen (secondary N) is 1. The molecule has 0 aliphatic rings. The number of nitrogens with two attached hydrogens (primary N) is 1. The molecule has 1 amide bonds. The Morgan fingerprint density at radius 1 is 1.39 bits per heavy atom. The Balaban J connectivity index is 4.20. The molecule has 3 N–H and O–H groups in total. The summed E-state index contributed by atoms with van der Waals surface area (Å²) in [5.74, 6) is 0.353. The molecule has 0 rings (SSSR count). The highest BCUT2D eigenvalue weighted by Crippen LogP contribution is 2.15. The van der Waals surface area contributed by atoms with E-state index in [1.807, 2.05) is 6.92 Å². The van der Waals surface area contributed by atoms with Crippen molar-refractivity contribution in [2.24, 2.45) is 11.7 Å². The van der Waals surface area contributed by atoms with Crippen LogP contribution in [0.3, 0.4) is 0 Å². The van der Waals surface area contributed by atoms with Gasteiger partial charge in [-0.1, -0.05) is 13.8 Å². The standard InChI is InChI=1S/C12H26N2O3S/c1-10(2)8-12(3,9-13)14-11(15)6-5-7-18(4,16)17/h10H,5-9,13H2,1-4H3,(H,14,15). The maximum absolute atomic E-state index is 11.7. The maximum Gasteiger partial charge on any atom is 0.220 e. The first-order chi connectivity index (χ1) is 8.08. The first kappa shape index (κ1) is 17.4. The van der Waals surface area contributed by atoms with Gasteiger partial charge in [0.25, 0.3) is 0 Å². The lowest BCUT2D eigenvalue weighted by molar-refractivity contribution is -0.122. The maximum atomic E-state index is 11.7. The molecule has 0 aromatic rings. The van der Waals surface area contributed by atoms with E-state index in [0.29, 0.717) is 18.9 Å². The second-order valence-corrected chi connectivity index (χ2v) is 7.90. The summed E-state index contributed by atoms with van der Waals surface area (Å²) >= 11 is 0. The number of rotatable bonds is 8. The van der Waals surface area contributed by atoms with Crippen molar-refractivity contribution in [3.8, 4) is 0 Å². The summed E-state index contributed by atoms with van der Waals surface area (Å²) in [5, 5.41) is 2.90. The fourth-order valence-electron chi connectivity index (χ4n) is 1.98. The first-order valence-corrected chi connectivity index (χ1v) is 8.33. The molecular weight excluding hydrogens is 252 g/mol. The van der Waals surface area contributed by atoms with E-state index in [1.54, 1.807) is 0 Å². The van der Waals surface area contributed by atoms with E-state index in [9.17, 15) is 13.2 Å². The van der Waals surface area contributed by atoms with Crippen LogP contribution in [0.2, 0.25) is 0 Å². The predicted octanol–water partition coefficient (Wildman–Crippen LogP) is 0.691. The van der Waals surface area contributed by atoms with Gasteiger partial charge in [0.05, 0.1) is 5.75 Å². The third kappa shape index (κ3) is 8.47. The lowest BCUT2D eigenvalue weighted by atomic mass is 9.90. The third-order valence-corrected chi connectivity index (χ3v) is 3.70. The van der Waals surface area contributed by atoms with E-state index in [2.05, 4.69) is 19.2 Å². The summed E-state index contributed by atoms with van der Waals surface area (Å²) in [7, 11) is -2.99. The van der Waals surface area contributed by atoms with Gasteiger partial charge in [0.1, 0.15) is 9.84 Å². The van der Waals surface area contributed by atoms with Gasteiger partial charge in [-0.15, -0.1) is 0 Å². The van der Waals surface area contributed by atoms with E-state index in [4.69, 9.17) is 5.73 Å². The molecule has 5 nitrogen and oxygen atoms in total. The largest absolute Gasteiger partial charge is 0.350 e. The van der Waals surface area contributed by atoms with Crippen molar-refractivity contribution in [1.82, 2.24) is 5.32 Å². The van der Waals surface area contributed by atoms with Gasteiger partial charge in [-0.05, 0) is 25.7 Å². The van der Waals surface area contributed by atoms with Crippen LogP contribution in [0, 0.1) is 5.92 Å². The van der Waals surface area contributed by atoms with Gasteiger partial charge in [0.2, 0.25) is 5.91 Å². The topological polar surface area (TPSA) is 89.3 Å². The normalized spacial score (nSPS) is 15.4. The Labute approximate surface area is 110 Å². The van der Waals surface area contributed by atoms with E-state index in [-0.39, 0.29) is 18.1 Å². The Kier molecular flexibility index (Phi) is 6.84. The zero-order valence-electron chi connectivity index (χ0n) is 11.8. The molecule has 0 bridgehead atoms. The molecule has 0 fully saturated rings. The number of sulfone groups is 1. The van der Waals surface area contributed by atoms with Crippen molar-refractivity contribution >= 4 is 15.7 Å². The lowest BCUT2D eigenvalue weighted by Crippen LogP contribution is -2.52. The zero-order chi connectivity index (χ0) is 14.4. The minimum absolute atomic E-state index is 0.0456. The van der Waals surface area contributed by atoms with E-state index in [0.717, 1.165) is 6.42 Å². The van der Waals surface area contributed by atoms with Gasteiger partial charge in [0, 0.05) is 24.8 Å². The molecule has 0 heterocycles. The Bertz CT molecular complexity index is 366. The summed E-state index contributed by atoms with van der Waals surface area (Å²) in [6.07, 6.45) is 2.56. The Morgan fingerprint density at radius 2 is 1.94 bits per heavy atom. The molecular formula is C12H26N2O3S. The van der Waals surface area contributed by atoms with Gasteiger partial charge in [0.15, 0.2) is 0 Å². The number of carbonyl (C=O) groups excluding carboxylic acids is 1. The molecule has 6 heteroatoms. The molecule has 0 spiro atoms. The van der Waals surface area contributed by atoms with Gasteiger partial charge in [-0.2, -0.15) is 0 Å². The van der Waals surface area contributed by atoms with Crippen LogP contribution in [0.5, 0.6) is 0 Å². The van der Waals surface area contributed by atoms with Crippen molar-refractivity contribution in [3.63, 3.8) is 0 Å². The quantitative estimate of drug-likeness (QED) is 0.683. The van der Waals surface area contributed by atoms with Crippen LogP contribution in [-0.2, 0) is 14.6 Å².